The molecule has 0 aliphatic heterocycles. The van der Waals surface area contributed by atoms with Gasteiger partial charge in [-0.05, 0) is 36.6 Å². The third-order valence-corrected chi connectivity index (χ3v) is 4.85. The number of carboxylic acid groups (broad SMARTS) is 1. The largest absolute Gasteiger partial charge is 0.478 e. The van der Waals surface area contributed by atoms with Crippen LogP contribution >= 0.6 is 11.8 Å². The van der Waals surface area contributed by atoms with E-state index in [1.807, 2.05) is 30.5 Å². The van der Waals surface area contributed by atoms with Crippen molar-refractivity contribution in [2.24, 2.45) is 5.73 Å². The van der Waals surface area contributed by atoms with Crippen molar-refractivity contribution in [3.63, 3.8) is 0 Å². The zero-order valence-electron chi connectivity index (χ0n) is 14.6. The molecule has 6 nitrogen and oxygen atoms in total. The molecule has 0 saturated carbocycles. The Kier molecular flexibility index (Phi) is 5.14. The molecule has 0 spiro atoms. The molecule has 0 radical (unpaired) electrons. The second-order valence-corrected chi connectivity index (χ2v) is 6.72. The topological polar surface area (TPSA) is 126 Å². The van der Waals surface area contributed by atoms with Gasteiger partial charge in [-0.3, -0.25) is 5.41 Å². The number of amidine groups is 1. The number of aromatic carboxylic acids is 1. The molecule has 1 heterocycles. The van der Waals surface area contributed by atoms with Crippen LogP contribution in [0.15, 0.2) is 59.5 Å². The van der Waals surface area contributed by atoms with Gasteiger partial charge in [-0.2, -0.15) is 0 Å². The van der Waals surface area contributed by atoms with Crippen LogP contribution in [0.3, 0.4) is 0 Å². The van der Waals surface area contributed by atoms with Crippen molar-refractivity contribution in [2.75, 3.05) is 12.0 Å². The van der Waals surface area contributed by atoms with E-state index in [0.29, 0.717) is 22.6 Å². The van der Waals surface area contributed by atoms with Gasteiger partial charge in [-0.15, -0.1) is 11.8 Å². The van der Waals surface area contributed by atoms with Gasteiger partial charge in [0.25, 0.3) is 0 Å². The lowest BCUT2D eigenvalue weighted by molar-refractivity contribution is 0.0697. The van der Waals surface area contributed by atoms with E-state index < -0.39 is 5.97 Å². The summed E-state index contributed by atoms with van der Waals surface area (Å²) >= 11 is 1.63. The maximum Gasteiger partial charge on any atom is 0.335 e. The van der Waals surface area contributed by atoms with Crippen LogP contribution in [0.1, 0.15) is 15.9 Å². The molecule has 136 valence electrons. The van der Waals surface area contributed by atoms with Crippen molar-refractivity contribution >= 4 is 29.3 Å². The number of nitrogen functional groups attached to an aromatic ring is 2. The predicted octanol–water partition coefficient (Wildman–Crippen LogP) is 3.70. The fraction of sp³-hybridized carbons (Fsp3) is 0.0500. The van der Waals surface area contributed by atoms with E-state index in [-0.39, 0.29) is 11.4 Å². The van der Waals surface area contributed by atoms with E-state index in [1.165, 1.54) is 12.1 Å². The standard InChI is InChI=1S/C20H18N4O2S/c1-27-14-8-6-12(7-9-14)18-17(19(22)23)15(21)10-16(24-18)11-2-4-13(5-3-11)20(25)26/h2-10H,1H3,(H2,21,24)(H3,22,23)(H,25,26). The smallest absolute Gasteiger partial charge is 0.335 e. The second-order valence-electron chi connectivity index (χ2n) is 5.85. The van der Waals surface area contributed by atoms with Crippen LogP contribution in [0, 0.1) is 5.41 Å². The first-order valence-electron chi connectivity index (χ1n) is 8.03. The number of carbonyl (C=O) groups is 1. The summed E-state index contributed by atoms with van der Waals surface area (Å²) in [6.07, 6.45) is 1.99. The maximum atomic E-state index is 11.0. The molecule has 0 fully saturated rings. The van der Waals surface area contributed by atoms with Crippen LogP contribution in [-0.4, -0.2) is 28.2 Å². The average Bonchev–Trinajstić information content (AvgIpc) is 2.67. The lowest BCUT2D eigenvalue weighted by atomic mass is 10.0. The summed E-state index contributed by atoms with van der Waals surface area (Å²) in [4.78, 5) is 16.8. The Morgan fingerprint density at radius 3 is 2.19 bits per heavy atom. The molecule has 27 heavy (non-hydrogen) atoms. The summed E-state index contributed by atoms with van der Waals surface area (Å²) in [5, 5.41) is 16.9. The summed E-state index contributed by atoms with van der Waals surface area (Å²) in [6.45, 7) is 0. The molecule has 3 rings (SSSR count). The number of hydrogen-bond donors (Lipinski definition) is 4. The highest BCUT2D eigenvalue weighted by atomic mass is 32.2. The number of thioether (sulfide) groups is 1. The first-order chi connectivity index (χ1) is 12.9. The van der Waals surface area contributed by atoms with Gasteiger partial charge in [0, 0.05) is 21.7 Å². The minimum absolute atomic E-state index is 0.156. The predicted molar refractivity (Wildman–Crippen MR) is 109 cm³/mol. The second kappa shape index (κ2) is 7.51. The zero-order chi connectivity index (χ0) is 19.6. The van der Waals surface area contributed by atoms with Crippen LogP contribution < -0.4 is 11.5 Å². The maximum absolute atomic E-state index is 11.0. The Balaban J connectivity index is 2.15. The number of carboxylic acids is 1. The molecule has 1 aromatic heterocycles. The van der Waals surface area contributed by atoms with Gasteiger partial charge >= 0.3 is 5.97 Å². The summed E-state index contributed by atoms with van der Waals surface area (Å²) in [5.74, 6) is -1.15. The van der Waals surface area contributed by atoms with Gasteiger partial charge in [0.05, 0.1) is 22.5 Å². The number of benzene rings is 2. The monoisotopic (exact) mass is 378 g/mol. The molecule has 0 atom stereocenters. The summed E-state index contributed by atoms with van der Waals surface area (Å²) in [6, 6.07) is 15.8. The number of nitrogens with two attached hydrogens (primary N) is 2. The lowest BCUT2D eigenvalue weighted by Gasteiger charge is -2.14. The fourth-order valence-electron chi connectivity index (χ4n) is 2.74. The quantitative estimate of drug-likeness (QED) is 0.305. The van der Waals surface area contributed by atoms with Crippen LogP contribution in [0.5, 0.6) is 0 Å². The number of aromatic nitrogens is 1. The van der Waals surface area contributed by atoms with Gasteiger partial charge in [-0.25, -0.2) is 9.78 Å². The molecule has 6 N–H and O–H groups in total. The van der Waals surface area contributed by atoms with Crippen molar-refractivity contribution in [3.05, 3.63) is 65.7 Å². The number of anilines is 1. The third kappa shape index (κ3) is 3.78. The molecule has 0 amide bonds. The molecule has 7 heteroatoms. The van der Waals surface area contributed by atoms with Crippen LogP contribution in [0.2, 0.25) is 0 Å². The number of rotatable bonds is 5. The van der Waals surface area contributed by atoms with Crippen molar-refractivity contribution < 1.29 is 9.90 Å². The first-order valence-corrected chi connectivity index (χ1v) is 9.26. The molecule has 0 aliphatic carbocycles. The molecule has 0 aliphatic rings. The molecule has 0 bridgehead atoms. The number of nitrogens with zero attached hydrogens (tertiary/aromatic N) is 1. The normalized spacial score (nSPS) is 10.6. The first kappa shape index (κ1) is 18.5. The summed E-state index contributed by atoms with van der Waals surface area (Å²) in [5.41, 5.74) is 15.5. The van der Waals surface area contributed by atoms with Crippen LogP contribution in [0.25, 0.3) is 22.5 Å². The molecular formula is C20H18N4O2S. The van der Waals surface area contributed by atoms with Crippen LogP contribution in [-0.2, 0) is 0 Å². The van der Waals surface area contributed by atoms with Crippen molar-refractivity contribution in [3.8, 4) is 22.5 Å². The van der Waals surface area contributed by atoms with E-state index in [9.17, 15) is 4.79 Å². The van der Waals surface area contributed by atoms with Gasteiger partial charge in [-0.1, -0.05) is 24.3 Å². The fourth-order valence-corrected chi connectivity index (χ4v) is 3.15. The van der Waals surface area contributed by atoms with E-state index in [0.717, 1.165) is 16.0 Å². The van der Waals surface area contributed by atoms with E-state index in [1.54, 1.807) is 30.0 Å². The van der Waals surface area contributed by atoms with Crippen molar-refractivity contribution in [1.82, 2.24) is 4.98 Å². The highest BCUT2D eigenvalue weighted by molar-refractivity contribution is 7.98. The minimum Gasteiger partial charge on any atom is -0.478 e. The molecule has 2 aromatic carbocycles. The van der Waals surface area contributed by atoms with Gasteiger partial charge in [0.15, 0.2) is 0 Å². The van der Waals surface area contributed by atoms with E-state index in [2.05, 4.69) is 4.98 Å². The van der Waals surface area contributed by atoms with Gasteiger partial charge in [0.1, 0.15) is 5.84 Å². The third-order valence-electron chi connectivity index (χ3n) is 4.11. The van der Waals surface area contributed by atoms with Crippen molar-refractivity contribution in [1.29, 1.82) is 5.41 Å². The lowest BCUT2D eigenvalue weighted by Crippen LogP contribution is -2.16. The van der Waals surface area contributed by atoms with Gasteiger partial charge < -0.3 is 16.6 Å². The Bertz CT molecular complexity index is 1020. The number of hydrogen-bond acceptors (Lipinski definition) is 5. The molecule has 0 unspecified atom stereocenters. The Hall–Kier alpha value is -3.32. The average molecular weight is 378 g/mol. The van der Waals surface area contributed by atoms with E-state index in [4.69, 9.17) is 22.0 Å². The SMILES string of the molecule is CSc1ccc(-c2nc(-c3ccc(C(=O)O)cc3)cc(N)c2C(=N)N)cc1. The molecule has 3 aromatic rings. The number of nitrogens with one attached hydrogen (secondary N) is 1. The van der Waals surface area contributed by atoms with Crippen molar-refractivity contribution in [2.45, 2.75) is 4.90 Å². The summed E-state index contributed by atoms with van der Waals surface area (Å²) in [7, 11) is 0. The van der Waals surface area contributed by atoms with E-state index >= 15 is 0 Å². The Labute approximate surface area is 160 Å². The molecule has 0 saturated heterocycles. The highest BCUT2D eigenvalue weighted by Crippen LogP contribution is 2.31. The van der Waals surface area contributed by atoms with Gasteiger partial charge in [0.2, 0.25) is 0 Å². The summed E-state index contributed by atoms with van der Waals surface area (Å²) < 4.78 is 0. The van der Waals surface area contributed by atoms with Crippen LogP contribution in [0.4, 0.5) is 5.69 Å². The zero-order valence-corrected chi connectivity index (χ0v) is 15.4. The molecular weight excluding hydrogens is 360 g/mol. The highest BCUT2D eigenvalue weighted by Gasteiger charge is 2.16. The minimum atomic E-state index is -0.990. The Morgan fingerprint density at radius 1 is 1.07 bits per heavy atom. The number of pyridine rings is 1. The Morgan fingerprint density at radius 2 is 1.67 bits per heavy atom.